The summed E-state index contributed by atoms with van der Waals surface area (Å²) in [7, 11) is 1.52. The molecule has 0 bridgehead atoms. The minimum atomic E-state index is -0.414. The van der Waals surface area contributed by atoms with Gasteiger partial charge in [-0.2, -0.15) is 0 Å². The third kappa shape index (κ3) is 3.93. The van der Waals surface area contributed by atoms with Crippen LogP contribution >= 0.6 is 0 Å². The first-order chi connectivity index (χ1) is 9.20. The molecule has 0 aromatic rings. The topological polar surface area (TPSA) is 61.4 Å². The van der Waals surface area contributed by atoms with E-state index in [1.807, 2.05) is 0 Å². The number of rotatable bonds is 4. The molecule has 3 amide bonds. The van der Waals surface area contributed by atoms with Gasteiger partial charge in [0.25, 0.3) is 0 Å². The van der Waals surface area contributed by atoms with Crippen LogP contribution in [0.4, 0.5) is 4.79 Å². The van der Waals surface area contributed by atoms with Gasteiger partial charge in [-0.15, -0.1) is 0 Å². The average molecular weight is 267 g/mol. The number of amides is 3. The first-order valence-electron chi connectivity index (χ1n) is 7.48. The molecule has 0 aliphatic heterocycles. The van der Waals surface area contributed by atoms with Crippen molar-refractivity contribution in [2.24, 2.45) is 0 Å². The van der Waals surface area contributed by atoms with Crippen LogP contribution in [0.2, 0.25) is 0 Å². The van der Waals surface area contributed by atoms with Crippen molar-refractivity contribution >= 4 is 11.9 Å². The van der Waals surface area contributed by atoms with Gasteiger partial charge in [0.1, 0.15) is 0 Å². The molecule has 2 N–H and O–H groups in total. The van der Waals surface area contributed by atoms with E-state index in [1.165, 1.54) is 58.4 Å². The van der Waals surface area contributed by atoms with Crippen molar-refractivity contribution in [3.8, 4) is 0 Å². The fraction of sp³-hybridized carbons (Fsp3) is 0.857. The first kappa shape index (κ1) is 14.3. The van der Waals surface area contributed by atoms with Crippen LogP contribution in [0.1, 0.15) is 51.4 Å². The van der Waals surface area contributed by atoms with Gasteiger partial charge in [-0.3, -0.25) is 15.0 Å². The van der Waals surface area contributed by atoms with E-state index in [4.69, 9.17) is 0 Å². The predicted octanol–water partition coefficient (Wildman–Crippen LogP) is 1.63. The fourth-order valence-electron chi connectivity index (χ4n) is 3.42. The summed E-state index contributed by atoms with van der Waals surface area (Å²) in [5.74, 6) is -0.182. The number of hydrogen-bond acceptors (Lipinski definition) is 3. The monoisotopic (exact) mass is 267 g/mol. The quantitative estimate of drug-likeness (QED) is 0.814. The Bertz CT molecular complexity index is 305. The summed E-state index contributed by atoms with van der Waals surface area (Å²) in [4.78, 5) is 25.5. The van der Waals surface area contributed by atoms with Gasteiger partial charge in [-0.25, -0.2) is 4.79 Å². The summed E-state index contributed by atoms with van der Waals surface area (Å²) in [6.45, 7) is 0.364. The van der Waals surface area contributed by atoms with Crippen LogP contribution in [-0.2, 0) is 4.79 Å². The van der Waals surface area contributed by atoms with Crippen LogP contribution in [0.5, 0.6) is 0 Å². The Morgan fingerprint density at radius 2 is 1.47 bits per heavy atom. The van der Waals surface area contributed by atoms with Gasteiger partial charge in [0.2, 0.25) is 5.91 Å². The predicted molar refractivity (Wildman–Crippen MR) is 73.8 cm³/mol. The Morgan fingerprint density at radius 1 is 1.00 bits per heavy atom. The molecule has 108 valence electrons. The maximum atomic E-state index is 11.9. The normalized spacial score (nSPS) is 20.9. The van der Waals surface area contributed by atoms with E-state index in [9.17, 15) is 9.59 Å². The van der Waals surface area contributed by atoms with Crippen LogP contribution in [0, 0.1) is 0 Å². The highest BCUT2D eigenvalue weighted by Gasteiger charge is 2.31. The van der Waals surface area contributed by atoms with Gasteiger partial charge in [-0.05, 0) is 25.7 Å². The third-order valence-corrected chi connectivity index (χ3v) is 4.39. The number of hydrogen-bond donors (Lipinski definition) is 2. The van der Waals surface area contributed by atoms with Crippen molar-refractivity contribution in [3.05, 3.63) is 0 Å². The largest absolute Gasteiger partial charge is 0.341 e. The van der Waals surface area contributed by atoms with Gasteiger partial charge in [-0.1, -0.05) is 25.7 Å². The lowest BCUT2D eigenvalue weighted by Gasteiger charge is -2.33. The molecule has 0 spiro atoms. The van der Waals surface area contributed by atoms with Crippen molar-refractivity contribution in [2.75, 3.05) is 13.6 Å². The molecule has 0 atom stereocenters. The second kappa shape index (κ2) is 6.89. The fourth-order valence-corrected chi connectivity index (χ4v) is 3.42. The first-order valence-corrected chi connectivity index (χ1v) is 7.48. The zero-order chi connectivity index (χ0) is 13.7. The van der Waals surface area contributed by atoms with Crippen LogP contribution in [0.25, 0.3) is 0 Å². The Balaban J connectivity index is 1.92. The van der Waals surface area contributed by atoms with E-state index in [-0.39, 0.29) is 5.91 Å². The van der Waals surface area contributed by atoms with Gasteiger partial charge in [0.15, 0.2) is 0 Å². The highest BCUT2D eigenvalue weighted by Crippen LogP contribution is 2.31. The van der Waals surface area contributed by atoms with E-state index >= 15 is 0 Å². The Kier molecular flexibility index (Phi) is 5.19. The van der Waals surface area contributed by atoms with Gasteiger partial charge < -0.3 is 5.32 Å². The maximum Gasteiger partial charge on any atom is 0.321 e. The molecule has 0 saturated heterocycles. The molecule has 19 heavy (non-hydrogen) atoms. The highest BCUT2D eigenvalue weighted by atomic mass is 16.2. The molecule has 2 fully saturated rings. The Morgan fingerprint density at radius 3 is 1.89 bits per heavy atom. The lowest BCUT2D eigenvalue weighted by molar-refractivity contribution is -0.122. The minimum absolute atomic E-state index is 0.182. The van der Waals surface area contributed by atoms with E-state index in [2.05, 4.69) is 15.5 Å². The molecule has 0 unspecified atom stereocenters. The summed E-state index contributed by atoms with van der Waals surface area (Å²) < 4.78 is 0. The van der Waals surface area contributed by atoms with Gasteiger partial charge >= 0.3 is 6.03 Å². The number of imide groups is 1. The number of carbonyl (C=O) groups is 2. The molecule has 5 heteroatoms. The Labute approximate surface area is 115 Å². The summed E-state index contributed by atoms with van der Waals surface area (Å²) >= 11 is 0. The molecular formula is C14H25N3O2. The lowest BCUT2D eigenvalue weighted by atomic mass is 10.1. The van der Waals surface area contributed by atoms with E-state index in [0.29, 0.717) is 18.6 Å². The third-order valence-electron chi connectivity index (χ3n) is 4.39. The Hall–Kier alpha value is -1.10. The summed E-state index contributed by atoms with van der Waals surface area (Å²) in [5, 5.41) is 4.80. The van der Waals surface area contributed by atoms with Crippen molar-refractivity contribution in [3.63, 3.8) is 0 Å². The maximum absolute atomic E-state index is 11.9. The van der Waals surface area contributed by atoms with Gasteiger partial charge in [0, 0.05) is 19.1 Å². The second-order valence-electron chi connectivity index (χ2n) is 5.68. The van der Waals surface area contributed by atoms with Crippen LogP contribution < -0.4 is 10.6 Å². The van der Waals surface area contributed by atoms with Gasteiger partial charge in [0.05, 0.1) is 6.54 Å². The average Bonchev–Trinajstić information content (AvgIpc) is 3.08. The van der Waals surface area contributed by atoms with Crippen LogP contribution in [0.15, 0.2) is 0 Å². The van der Waals surface area contributed by atoms with Crippen molar-refractivity contribution in [1.82, 2.24) is 15.5 Å². The zero-order valence-electron chi connectivity index (χ0n) is 11.8. The highest BCUT2D eigenvalue weighted by molar-refractivity contribution is 5.95. The van der Waals surface area contributed by atoms with Crippen molar-refractivity contribution in [2.45, 2.75) is 63.5 Å². The van der Waals surface area contributed by atoms with E-state index in [0.717, 1.165) is 0 Å². The smallest absolute Gasteiger partial charge is 0.321 e. The molecule has 0 heterocycles. The number of urea groups is 1. The molecule has 0 radical (unpaired) electrons. The standard InChI is InChI=1S/C14H25N3O2/c1-15-14(19)16-13(18)10-17(11-6-2-3-7-11)12-8-4-5-9-12/h11-12H,2-10H2,1H3,(H2,15,16,18,19). The molecule has 2 saturated carbocycles. The lowest BCUT2D eigenvalue weighted by Crippen LogP contribution is -2.49. The number of nitrogens with one attached hydrogen (secondary N) is 2. The molecule has 0 aromatic heterocycles. The van der Waals surface area contributed by atoms with E-state index < -0.39 is 6.03 Å². The number of carbonyl (C=O) groups excluding carboxylic acids is 2. The minimum Gasteiger partial charge on any atom is -0.341 e. The summed E-state index contributed by atoms with van der Waals surface area (Å²) in [6.07, 6.45) is 9.87. The summed E-state index contributed by atoms with van der Waals surface area (Å²) in [6, 6.07) is 0.667. The van der Waals surface area contributed by atoms with Crippen molar-refractivity contribution in [1.29, 1.82) is 0 Å². The van der Waals surface area contributed by atoms with Crippen LogP contribution in [-0.4, -0.2) is 42.5 Å². The summed E-state index contributed by atoms with van der Waals surface area (Å²) in [5.41, 5.74) is 0. The molecule has 2 aliphatic carbocycles. The SMILES string of the molecule is CNC(=O)NC(=O)CN(C1CCCC1)C1CCCC1. The second-order valence-corrected chi connectivity index (χ2v) is 5.68. The van der Waals surface area contributed by atoms with Crippen LogP contribution in [0.3, 0.4) is 0 Å². The van der Waals surface area contributed by atoms with E-state index in [1.54, 1.807) is 0 Å². The molecule has 0 aromatic carbocycles. The molecule has 2 aliphatic rings. The molecule has 2 rings (SSSR count). The molecular weight excluding hydrogens is 242 g/mol. The van der Waals surface area contributed by atoms with Crippen molar-refractivity contribution < 1.29 is 9.59 Å². The zero-order valence-corrected chi connectivity index (χ0v) is 11.8. The number of nitrogens with zero attached hydrogens (tertiary/aromatic N) is 1. The molecule has 5 nitrogen and oxygen atoms in total.